The maximum atomic E-state index is 12.9. The van der Waals surface area contributed by atoms with Gasteiger partial charge in [0.25, 0.3) is 23.6 Å². The lowest BCUT2D eigenvalue weighted by molar-refractivity contribution is 0.0942. The lowest BCUT2D eigenvalue weighted by Crippen LogP contribution is -2.25. The van der Waals surface area contributed by atoms with Gasteiger partial charge in [0.15, 0.2) is 5.69 Å². The molecule has 0 saturated heterocycles. The predicted molar refractivity (Wildman–Crippen MR) is 243 cm³/mol. The number of carbonyl (C=O) groups is 5. The number of rotatable bonds is 11. The van der Waals surface area contributed by atoms with E-state index in [0.29, 0.717) is 43.5 Å². The van der Waals surface area contributed by atoms with Crippen LogP contribution in [0.4, 0.5) is 17.1 Å². The van der Waals surface area contributed by atoms with Crippen LogP contribution in [0.2, 0.25) is 0 Å². The lowest BCUT2D eigenvalue weighted by atomic mass is 10.0. The molecule has 6 aromatic rings. The van der Waals surface area contributed by atoms with Crippen LogP contribution in [0.5, 0.6) is 0 Å². The average Bonchev–Trinajstić information content (AvgIpc) is 4.14. The van der Waals surface area contributed by atoms with E-state index in [2.05, 4.69) is 26.1 Å². The Morgan fingerprint density at radius 2 is 0.967 bits per heavy atom. The van der Waals surface area contributed by atoms with Crippen LogP contribution in [0.25, 0.3) is 25.7 Å². The topological polar surface area (TPSA) is 164 Å². The van der Waals surface area contributed by atoms with Crippen molar-refractivity contribution in [3.8, 4) is 20.9 Å². The third-order valence-corrected chi connectivity index (χ3v) is 12.6. The molecule has 2 aliphatic carbocycles. The van der Waals surface area contributed by atoms with E-state index in [0.717, 1.165) is 68.8 Å². The standard InChI is InChI=1S/C24H23N3O3S.C24H21N3O2S/c1-13-3-5-15(22(25)28)11-18(13)20-9-10-21(31-20)24(30)27-19-12-16(6-4-14(19)2)23(29)26-17-7-8-17;1-14-5-7-18(25-3)13-19(14)21-10-11-22(30-21)24(29)27-20-12-16(6-4-15(20)2)23(28)26-17-8-9-17/h3-6,9-12,17H,7-8H2,1-2H3,(H2,25,28)(H,26,29)(H,27,30);4-7,10-13,17H,8-9H2,1-2H3,(H,26,28)(H,27,29). The second kappa shape index (κ2) is 18.2. The molecule has 0 radical (unpaired) electrons. The third kappa shape index (κ3) is 10.5. The fourth-order valence-electron chi connectivity index (χ4n) is 6.35. The van der Waals surface area contributed by atoms with Gasteiger partial charge >= 0.3 is 0 Å². The van der Waals surface area contributed by atoms with E-state index in [-0.39, 0.29) is 35.7 Å². The summed E-state index contributed by atoms with van der Waals surface area (Å²) in [5, 5.41) is 11.8. The Bertz CT molecular complexity index is 2750. The van der Waals surface area contributed by atoms with Crippen molar-refractivity contribution in [1.82, 2.24) is 10.6 Å². The fraction of sp³-hybridized carbons (Fsp3) is 0.208. The number of nitrogens with zero attached hydrogens (tertiary/aromatic N) is 1. The molecule has 308 valence electrons. The van der Waals surface area contributed by atoms with E-state index in [4.69, 9.17) is 12.3 Å². The maximum absolute atomic E-state index is 12.9. The number of carbonyl (C=O) groups excluding carboxylic acids is 5. The number of nitrogens with one attached hydrogen (secondary N) is 4. The van der Waals surface area contributed by atoms with Crippen molar-refractivity contribution >= 4 is 69.3 Å². The van der Waals surface area contributed by atoms with Crippen LogP contribution in [-0.4, -0.2) is 41.6 Å². The molecule has 61 heavy (non-hydrogen) atoms. The zero-order chi connectivity index (χ0) is 43.4. The molecule has 0 bridgehead atoms. The number of nitrogens with two attached hydrogens (primary N) is 1. The molecule has 4 aromatic carbocycles. The van der Waals surface area contributed by atoms with Crippen LogP contribution >= 0.6 is 22.7 Å². The highest BCUT2D eigenvalue weighted by Crippen LogP contribution is 2.35. The molecule has 0 atom stereocenters. The number of thiophene rings is 2. The first-order valence-electron chi connectivity index (χ1n) is 19.8. The third-order valence-electron chi connectivity index (χ3n) is 10.4. The van der Waals surface area contributed by atoms with E-state index in [1.807, 2.05) is 70.2 Å². The number of anilines is 2. The Hall–Kier alpha value is -6.88. The number of hydrogen-bond donors (Lipinski definition) is 5. The summed E-state index contributed by atoms with van der Waals surface area (Å²) in [6, 6.07) is 29.4. The van der Waals surface area contributed by atoms with Gasteiger partial charge in [0.05, 0.1) is 16.3 Å². The van der Waals surface area contributed by atoms with Crippen molar-refractivity contribution in [1.29, 1.82) is 0 Å². The first-order chi connectivity index (χ1) is 29.3. The Morgan fingerprint density at radius 3 is 1.41 bits per heavy atom. The van der Waals surface area contributed by atoms with Crippen LogP contribution in [0.1, 0.15) is 98.4 Å². The van der Waals surface area contributed by atoms with Crippen molar-refractivity contribution in [2.75, 3.05) is 10.6 Å². The highest BCUT2D eigenvalue weighted by atomic mass is 32.1. The number of primary amides is 1. The first kappa shape index (κ1) is 42.3. The largest absolute Gasteiger partial charge is 0.366 e. The van der Waals surface area contributed by atoms with Crippen molar-refractivity contribution < 1.29 is 24.0 Å². The Labute approximate surface area is 362 Å². The Morgan fingerprint density at radius 1 is 0.541 bits per heavy atom. The minimum absolute atomic E-state index is 0.110. The molecule has 11 nitrogen and oxygen atoms in total. The molecule has 5 amide bonds. The Balaban J connectivity index is 0.000000184. The van der Waals surface area contributed by atoms with Gasteiger partial charge in [0, 0.05) is 49.9 Å². The molecule has 2 heterocycles. The van der Waals surface area contributed by atoms with E-state index in [1.165, 1.54) is 22.7 Å². The van der Waals surface area contributed by atoms with Gasteiger partial charge in [-0.25, -0.2) is 4.85 Å². The smallest absolute Gasteiger partial charge is 0.265 e. The van der Waals surface area contributed by atoms with E-state index in [9.17, 15) is 24.0 Å². The second-order valence-electron chi connectivity index (χ2n) is 15.3. The summed E-state index contributed by atoms with van der Waals surface area (Å²) in [5.74, 6) is -1.18. The normalized spacial score (nSPS) is 12.9. The number of benzene rings is 4. The minimum atomic E-state index is -0.489. The van der Waals surface area contributed by atoms with Gasteiger partial charge in [0.2, 0.25) is 5.91 Å². The summed E-state index contributed by atoms with van der Waals surface area (Å²) < 4.78 is 0. The van der Waals surface area contributed by atoms with Gasteiger partial charge in [-0.2, -0.15) is 0 Å². The molecule has 0 aliphatic heterocycles. The lowest BCUT2D eigenvalue weighted by Gasteiger charge is -2.10. The molecular weight excluding hydrogens is 805 g/mol. The van der Waals surface area contributed by atoms with Gasteiger partial charge < -0.3 is 27.0 Å². The fourth-order valence-corrected chi connectivity index (χ4v) is 8.32. The molecule has 8 rings (SSSR count). The van der Waals surface area contributed by atoms with Crippen LogP contribution in [0.3, 0.4) is 0 Å². The Kier molecular flexibility index (Phi) is 12.6. The second-order valence-corrected chi connectivity index (χ2v) is 17.5. The molecule has 0 spiro atoms. The summed E-state index contributed by atoms with van der Waals surface area (Å²) in [6.07, 6.45) is 4.09. The van der Waals surface area contributed by atoms with E-state index >= 15 is 0 Å². The van der Waals surface area contributed by atoms with Crippen molar-refractivity contribution in [3.05, 3.63) is 157 Å². The SMILES string of the molecule is Cc1ccc(C(=O)NC2CC2)cc1NC(=O)c1ccc(-c2cc(C(N)=O)ccc2C)s1.[C-]#[N+]c1ccc(C)c(-c2ccc(C(=O)Nc3cc(C(=O)NC4CC4)ccc3C)s2)c1. The number of hydrogen-bond acceptors (Lipinski definition) is 7. The highest BCUT2D eigenvalue weighted by Gasteiger charge is 2.25. The highest BCUT2D eigenvalue weighted by molar-refractivity contribution is 7.17. The van der Waals surface area contributed by atoms with Gasteiger partial charge in [-0.15, -0.1) is 22.7 Å². The van der Waals surface area contributed by atoms with Crippen molar-refractivity contribution in [3.63, 3.8) is 0 Å². The van der Waals surface area contributed by atoms with E-state index < -0.39 is 5.91 Å². The molecule has 13 heteroatoms. The average molecular weight is 849 g/mol. The predicted octanol–water partition coefficient (Wildman–Crippen LogP) is 10.0. The van der Waals surface area contributed by atoms with Crippen LogP contribution < -0.4 is 27.0 Å². The van der Waals surface area contributed by atoms with Crippen LogP contribution in [0, 0.1) is 34.3 Å². The van der Waals surface area contributed by atoms with Crippen LogP contribution in [0.15, 0.2) is 97.1 Å². The summed E-state index contributed by atoms with van der Waals surface area (Å²) in [5.41, 5.74) is 14.4. The van der Waals surface area contributed by atoms with Gasteiger partial charge in [-0.3, -0.25) is 24.0 Å². The summed E-state index contributed by atoms with van der Waals surface area (Å²) in [7, 11) is 0. The maximum Gasteiger partial charge on any atom is 0.265 e. The number of amides is 5. The summed E-state index contributed by atoms with van der Waals surface area (Å²) >= 11 is 2.72. The molecule has 2 fully saturated rings. The van der Waals surface area contributed by atoms with Gasteiger partial charge in [0.1, 0.15) is 0 Å². The summed E-state index contributed by atoms with van der Waals surface area (Å²) in [4.78, 5) is 68.3. The summed E-state index contributed by atoms with van der Waals surface area (Å²) in [6.45, 7) is 14.9. The van der Waals surface area contributed by atoms with Gasteiger partial charge in [-0.05, 0) is 153 Å². The molecular formula is C48H44N6O5S2. The van der Waals surface area contributed by atoms with Crippen LogP contribution in [-0.2, 0) is 0 Å². The monoisotopic (exact) mass is 848 g/mol. The first-order valence-corrected chi connectivity index (χ1v) is 21.4. The zero-order valence-electron chi connectivity index (χ0n) is 34.1. The quantitative estimate of drug-likeness (QED) is 0.0819. The number of aryl methyl sites for hydroxylation is 4. The molecule has 6 N–H and O–H groups in total. The molecule has 2 aromatic heterocycles. The van der Waals surface area contributed by atoms with Gasteiger partial charge in [-0.1, -0.05) is 30.3 Å². The minimum Gasteiger partial charge on any atom is -0.366 e. The zero-order valence-corrected chi connectivity index (χ0v) is 35.7. The molecule has 2 aliphatic rings. The molecule has 2 saturated carbocycles. The van der Waals surface area contributed by atoms with Crippen molar-refractivity contribution in [2.24, 2.45) is 5.73 Å². The van der Waals surface area contributed by atoms with Crippen molar-refractivity contribution in [2.45, 2.75) is 65.5 Å². The molecule has 0 unspecified atom stereocenters. The van der Waals surface area contributed by atoms with E-state index in [1.54, 1.807) is 54.6 Å².